The molecule has 1 aliphatic rings. The van der Waals surface area contributed by atoms with E-state index in [-0.39, 0.29) is 0 Å². The Bertz CT molecular complexity index is 363. The summed E-state index contributed by atoms with van der Waals surface area (Å²) in [5, 5.41) is 0.321. The number of hydrogen-bond acceptors (Lipinski definition) is 2. The lowest BCUT2D eigenvalue weighted by Crippen LogP contribution is -2.37. The molecule has 0 N–H and O–H groups in total. The summed E-state index contributed by atoms with van der Waals surface area (Å²) < 4.78 is 0. The van der Waals surface area contributed by atoms with Gasteiger partial charge < -0.3 is 4.90 Å². The number of nitrogens with zero attached hydrogens (tertiary/aromatic N) is 1. The number of piperidine rings is 1. The molecule has 2 rings (SSSR count). The average molecular weight is 252 g/mol. The van der Waals surface area contributed by atoms with Gasteiger partial charge in [-0.1, -0.05) is 24.3 Å². The number of likely N-dealkylation sites (tertiary alicyclic amines) is 1. The second-order valence-corrected chi connectivity index (χ2v) is 5.27. The fourth-order valence-corrected chi connectivity index (χ4v) is 2.60. The third-order valence-corrected chi connectivity index (χ3v) is 3.64. The van der Waals surface area contributed by atoms with E-state index in [1.54, 1.807) is 0 Å². The first-order valence-corrected chi connectivity index (χ1v) is 6.62. The number of alkyl halides is 1. The normalized spacial score (nSPS) is 21.4. The summed E-state index contributed by atoms with van der Waals surface area (Å²) >= 11 is 6.15. The summed E-state index contributed by atoms with van der Waals surface area (Å²) in [5.74, 6) is 0. The van der Waals surface area contributed by atoms with Crippen LogP contribution in [0.15, 0.2) is 24.3 Å². The van der Waals surface area contributed by atoms with E-state index in [2.05, 4.69) is 4.90 Å². The first kappa shape index (κ1) is 12.6. The summed E-state index contributed by atoms with van der Waals surface area (Å²) in [4.78, 5) is 13.0. The van der Waals surface area contributed by atoms with E-state index < -0.39 is 0 Å². The van der Waals surface area contributed by atoms with E-state index in [4.69, 9.17) is 11.6 Å². The Morgan fingerprint density at radius 1 is 1.35 bits per heavy atom. The number of aldehydes is 1. The topological polar surface area (TPSA) is 20.3 Å². The largest absolute Gasteiger partial charge is 0.302 e. The predicted molar refractivity (Wildman–Crippen MR) is 70.8 cm³/mol. The molecule has 0 spiro atoms. The summed E-state index contributed by atoms with van der Waals surface area (Å²) in [7, 11) is 0. The minimum absolute atomic E-state index is 0.321. The molecule has 0 amide bonds. The molecule has 1 saturated heterocycles. The number of carbonyl (C=O) groups is 1. The minimum atomic E-state index is 0.321. The maximum atomic E-state index is 10.5. The highest BCUT2D eigenvalue weighted by Gasteiger charge is 2.16. The molecule has 1 aromatic carbocycles. The summed E-state index contributed by atoms with van der Waals surface area (Å²) in [6, 6.07) is 7.82. The van der Waals surface area contributed by atoms with Gasteiger partial charge in [-0.3, -0.25) is 4.79 Å². The molecule has 3 heteroatoms. The first-order chi connectivity index (χ1) is 8.28. The summed E-state index contributed by atoms with van der Waals surface area (Å²) in [6.45, 7) is 3.23. The van der Waals surface area contributed by atoms with Crippen LogP contribution in [0.2, 0.25) is 0 Å². The van der Waals surface area contributed by atoms with Crippen LogP contribution in [-0.2, 0) is 6.42 Å². The molecule has 0 radical (unpaired) electrons. The lowest BCUT2D eigenvalue weighted by atomic mass is 10.1. The van der Waals surface area contributed by atoms with Crippen LogP contribution in [0.1, 0.15) is 28.8 Å². The Balaban J connectivity index is 1.82. The fourth-order valence-electron chi connectivity index (χ4n) is 2.25. The molecule has 0 aromatic heterocycles. The number of carbonyl (C=O) groups excluding carboxylic acids is 1. The fraction of sp³-hybridized carbons (Fsp3) is 0.500. The third kappa shape index (κ3) is 3.83. The number of hydrogen-bond donors (Lipinski definition) is 0. The number of benzene rings is 1. The smallest absolute Gasteiger partial charge is 0.150 e. The van der Waals surface area contributed by atoms with E-state index >= 15 is 0 Å². The van der Waals surface area contributed by atoms with Crippen LogP contribution < -0.4 is 0 Å². The number of halogens is 1. The molecule has 1 atom stereocenters. The molecule has 1 aliphatic heterocycles. The van der Waals surface area contributed by atoms with Crippen molar-refractivity contribution in [3.63, 3.8) is 0 Å². The van der Waals surface area contributed by atoms with Gasteiger partial charge in [0.1, 0.15) is 6.29 Å². The van der Waals surface area contributed by atoms with Gasteiger partial charge in [0.05, 0.1) is 0 Å². The first-order valence-electron chi connectivity index (χ1n) is 6.18. The van der Waals surface area contributed by atoms with Crippen molar-refractivity contribution in [2.24, 2.45) is 0 Å². The van der Waals surface area contributed by atoms with Gasteiger partial charge in [-0.2, -0.15) is 0 Å². The summed E-state index contributed by atoms with van der Waals surface area (Å²) in [6.07, 6.45) is 4.26. The second-order valence-electron chi connectivity index (χ2n) is 4.65. The Labute approximate surface area is 108 Å². The standard InChI is InChI=1S/C14H18ClNO/c15-14-2-1-8-16(10-14)9-7-12-3-5-13(11-17)6-4-12/h3-6,11,14H,1-2,7-10H2/t14-/m0/s1. The van der Waals surface area contributed by atoms with Crippen LogP contribution in [0.5, 0.6) is 0 Å². The third-order valence-electron chi connectivity index (χ3n) is 3.28. The van der Waals surface area contributed by atoms with Gasteiger partial charge in [0.15, 0.2) is 0 Å². The maximum absolute atomic E-state index is 10.5. The molecule has 92 valence electrons. The molecular formula is C14H18ClNO. The van der Waals surface area contributed by atoms with Gasteiger partial charge in [0.2, 0.25) is 0 Å². The van der Waals surface area contributed by atoms with Crippen LogP contribution >= 0.6 is 11.6 Å². The summed E-state index contributed by atoms with van der Waals surface area (Å²) in [5.41, 5.74) is 2.03. The van der Waals surface area contributed by atoms with Gasteiger partial charge in [-0.25, -0.2) is 0 Å². The van der Waals surface area contributed by atoms with Crippen molar-refractivity contribution in [3.05, 3.63) is 35.4 Å². The van der Waals surface area contributed by atoms with E-state index in [1.807, 2.05) is 24.3 Å². The zero-order valence-corrected chi connectivity index (χ0v) is 10.7. The molecule has 17 heavy (non-hydrogen) atoms. The van der Waals surface area contributed by atoms with Crippen molar-refractivity contribution in [3.8, 4) is 0 Å². The van der Waals surface area contributed by atoms with Crippen molar-refractivity contribution in [2.75, 3.05) is 19.6 Å². The van der Waals surface area contributed by atoms with Crippen molar-refractivity contribution in [1.29, 1.82) is 0 Å². The van der Waals surface area contributed by atoms with Crippen molar-refractivity contribution < 1.29 is 4.79 Å². The molecule has 2 nitrogen and oxygen atoms in total. The second kappa shape index (κ2) is 6.18. The quantitative estimate of drug-likeness (QED) is 0.606. The predicted octanol–water partition coefficient (Wildman–Crippen LogP) is 2.74. The van der Waals surface area contributed by atoms with E-state index in [0.717, 1.165) is 44.3 Å². The molecule has 0 bridgehead atoms. The van der Waals surface area contributed by atoms with Gasteiger partial charge in [0.25, 0.3) is 0 Å². The molecule has 0 unspecified atom stereocenters. The van der Waals surface area contributed by atoms with Gasteiger partial charge in [-0.15, -0.1) is 11.6 Å². The van der Waals surface area contributed by atoms with Crippen LogP contribution in [0.25, 0.3) is 0 Å². The van der Waals surface area contributed by atoms with Crippen LogP contribution in [-0.4, -0.2) is 36.2 Å². The molecule has 0 saturated carbocycles. The minimum Gasteiger partial charge on any atom is -0.302 e. The van der Waals surface area contributed by atoms with Crippen molar-refractivity contribution >= 4 is 17.9 Å². The Kier molecular flexibility index (Phi) is 4.57. The highest BCUT2D eigenvalue weighted by molar-refractivity contribution is 6.20. The van der Waals surface area contributed by atoms with Crippen molar-refractivity contribution in [2.45, 2.75) is 24.6 Å². The van der Waals surface area contributed by atoms with E-state index in [0.29, 0.717) is 5.38 Å². The van der Waals surface area contributed by atoms with Crippen LogP contribution in [0, 0.1) is 0 Å². The van der Waals surface area contributed by atoms with Crippen LogP contribution in [0.4, 0.5) is 0 Å². The molecule has 1 heterocycles. The average Bonchev–Trinajstić information content (AvgIpc) is 2.37. The van der Waals surface area contributed by atoms with Gasteiger partial charge >= 0.3 is 0 Å². The Morgan fingerprint density at radius 3 is 2.76 bits per heavy atom. The Hall–Kier alpha value is -0.860. The zero-order valence-electron chi connectivity index (χ0n) is 9.94. The molecule has 1 fully saturated rings. The highest BCUT2D eigenvalue weighted by Crippen LogP contribution is 2.15. The molecular weight excluding hydrogens is 234 g/mol. The van der Waals surface area contributed by atoms with E-state index in [9.17, 15) is 4.79 Å². The van der Waals surface area contributed by atoms with Gasteiger partial charge in [0, 0.05) is 24.0 Å². The van der Waals surface area contributed by atoms with E-state index in [1.165, 1.54) is 12.0 Å². The monoisotopic (exact) mass is 251 g/mol. The maximum Gasteiger partial charge on any atom is 0.150 e. The Morgan fingerprint density at radius 2 is 2.12 bits per heavy atom. The lowest BCUT2D eigenvalue weighted by Gasteiger charge is -2.29. The lowest BCUT2D eigenvalue weighted by molar-refractivity contribution is 0.112. The molecule has 0 aliphatic carbocycles. The number of rotatable bonds is 4. The zero-order chi connectivity index (χ0) is 12.1. The highest BCUT2D eigenvalue weighted by atomic mass is 35.5. The SMILES string of the molecule is O=Cc1ccc(CCN2CCC[C@H](Cl)C2)cc1. The van der Waals surface area contributed by atoms with Gasteiger partial charge in [-0.05, 0) is 31.4 Å². The van der Waals surface area contributed by atoms with Crippen molar-refractivity contribution in [1.82, 2.24) is 4.90 Å². The van der Waals surface area contributed by atoms with Crippen LogP contribution in [0.3, 0.4) is 0 Å². The molecule has 1 aromatic rings.